The maximum absolute atomic E-state index is 13.2. The number of Topliss-reactive ketones (excluding diaryl/α,β-unsaturated/α-hetero) is 1. The summed E-state index contributed by atoms with van der Waals surface area (Å²) in [4.78, 5) is 38.7. The summed E-state index contributed by atoms with van der Waals surface area (Å²) in [5.74, 6) is 0.0580. The Morgan fingerprint density at radius 1 is 1.03 bits per heavy atom. The predicted molar refractivity (Wildman–Crippen MR) is 111 cm³/mol. The van der Waals surface area contributed by atoms with Crippen molar-refractivity contribution in [1.82, 2.24) is 5.01 Å². The fraction of sp³-hybridized carbons (Fsp3) is 0.304. The third-order valence-electron chi connectivity index (χ3n) is 5.51. The molecule has 6 heteroatoms. The second-order valence-electron chi connectivity index (χ2n) is 7.35. The molecule has 2 aromatic rings. The number of benzene rings is 2. The van der Waals surface area contributed by atoms with Crippen LogP contribution in [0.2, 0.25) is 0 Å². The number of carbonyl (C=O) groups excluding carboxylic acids is 3. The zero-order valence-corrected chi connectivity index (χ0v) is 16.1. The molecule has 6 nitrogen and oxygen atoms in total. The molecule has 0 saturated heterocycles. The first-order chi connectivity index (χ1) is 14.2. The molecule has 0 spiro atoms. The van der Waals surface area contributed by atoms with E-state index in [1.807, 2.05) is 54.6 Å². The number of hydrogen-bond donors (Lipinski definition) is 0. The summed E-state index contributed by atoms with van der Waals surface area (Å²) in [5.41, 5.74) is 2.78. The van der Waals surface area contributed by atoms with Gasteiger partial charge in [0.25, 0.3) is 0 Å². The summed E-state index contributed by atoms with van der Waals surface area (Å²) in [6.07, 6.45) is 5.61. The van der Waals surface area contributed by atoms with Gasteiger partial charge in [-0.2, -0.15) is 5.10 Å². The monoisotopic (exact) mass is 388 g/mol. The van der Waals surface area contributed by atoms with E-state index >= 15 is 0 Å². The third-order valence-corrected chi connectivity index (χ3v) is 5.51. The highest BCUT2D eigenvalue weighted by atomic mass is 16.2. The highest BCUT2D eigenvalue weighted by Gasteiger charge is 2.33. The molecule has 0 N–H and O–H groups in total. The first-order valence-corrected chi connectivity index (χ1v) is 9.89. The van der Waals surface area contributed by atoms with Gasteiger partial charge in [-0.25, -0.2) is 9.80 Å². The Balaban J connectivity index is 1.78. The largest absolute Gasteiger partial charge is 0.345 e. The molecular weight excluding hydrogens is 366 g/mol. The van der Waals surface area contributed by atoms with Gasteiger partial charge in [-0.15, -0.1) is 0 Å². The number of hydrazone groups is 1. The highest BCUT2D eigenvalue weighted by Crippen LogP contribution is 2.30. The Bertz CT molecular complexity index is 949. The fourth-order valence-electron chi connectivity index (χ4n) is 4.03. The SMILES string of the molecule is O=[C]CN1N=C(c2ccccc2)c2ccccc2N(CC(=O)C2CCCC2)C1=O. The molecule has 4 rings (SSSR count). The maximum Gasteiger partial charge on any atom is 0.345 e. The van der Waals surface area contributed by atoms with Gasteiger partial charge < -0.3 is 0 Å². The Kier molecular flexibility index (Phi) is 5.51. The van der Waals surface area contributed by atoms with Gasteiger partial charge in [0, 0.05) is 17.0 Å². The third kappa shape index (κ3) is 3.83. The van der Waals surface area contributed by atoms with Crippen molar-refractivity contribution >= 4 is 29.5 Å². The number of rotatable bonds is 6. The molecule has 2 aliphatic rings. The smallest absolute Gasteiger partial charge is 0.297 e. The first kappa shape index (κ1) is 19.1. The van der Waals surface area contributed by atoms with Crippen LogP contribution in [0.25, 0.3) is 0 Å². The zero-order valence-electron chi connectivity index (χ0n) is 16.1. The van der Waals surface area contributed by atoms with Crippen LogP contribution in [0.1, 0.15) is 36.8 Å². The standard InChI is InChI=1S/C23H22N3O3/c27-15-14-26-23(29)25(16-21(28)17-8-4-5-9-17)20-13-7-6-12-19(20)22(24-26)18-10-2-1-3-11-18/h1-3,6-7,10-13,17H,4-5,8-9,14,16H2. The van der Waals surface area contributed by atoms with Crippen molar-refractivity contribution in [3.05, 3.63) is 65.7 Å². The quantitative estimate of drug-likeness (QED) is 0.760. The molecule has 147 valence electrons. The number of nitrogens with zero attached hydrogens (tertiary/aromatic N) is 3. The van der Waals surface area contributed by atoms with Gasteiger partial charge in [0.05, 0.1) is 12.2 Å². The zero-order chi connectivity index (χ0) is 20.2. The van der Waals surface area contributed by atoms with E-state index < -0.39 is 6.03 Å². The first-order valence-electron chi connectivity index (χ1n) is 9.89. The van der Waals surface area contributed by atoms with Crippen LogP contribution in [-0.4, -0.2) is 41.9 Å². The van der Waals surface area contributed by atoms with E-state index in [9.17, 15) is 14.4 Å². The fourth-order valence-corrected chi connectivity index (χ4v) is 4.03. The van der Waals surface area contributed by atoms with Crippen molar-refractivity contribution in [2.45, 2.75) is 25.7 Å². The maximum atomic E-state index is 13.2. The van der Waals surface area contributed by atoms with Gasteiger partial charge in [0.2, 0.25) is 6.29 Å². The summed E-state index contributed by atoms with van der Waals surface area (Å²) in [7, 11) is 0. The van der Waals surface area contributed by atoms with Gasteiger partial charge in [0.15, 0.2) is 5.78 Å². The second kappa shape index (κ2) is 8.39. The van der Waals surface area contributed by atoms with Crippen molar-refractivity contribution < 1.29 is 14.4 Å². The molecule has 1 radical (unpaired) electrons. The molecule has 1 aliphatic carbocycles. The number of fused-ring (bicyclic) bond motifs is 1. The molecule has 0 unspecified atom stereocenters. The molecule has 1 heterocycles. The average Bonchev–Trinajstić information content (AvgIpc) is 3.27. The van der Waals surface area contributed by atoms with Crippen LogP contribution in [0.5, 0.6) is 0 Å². The number of urea groups is 1. The summed E-state index contributed by atoms with van der Waals surface area (Å²) in [5, 5.41) is 5.59. The minimum atomic E-state index is -0.488. The molecule has 1 aliphatic heterocycles. The van der Waals surface area contributed by atoms with E-state index in [0.717, 1.165) is 41.8 Å². The van der Waals surface area contributed by atoms with Gasteiger partial charge in [-0.3, -0.25) is 14.5 Å². The lowest BCUT2D eigenvalue weighted by atomic mass is 9.99. The van der Waals surface area contributed by atoms with E-state index in [-0.39, 0.29) is 24.8 Å². The lowest BCUT2D eigenvalue weighted by molar-refractivity contribution is -0.121. The molecule has 0 aromatic heterocycles. The summed E-state index contributed by atoms with van der Waals surface area (Å²) >= 11 is 0. The molecule has 2 amide bonds. The van der Waals surface area contributed by atoms with Crippen molar-refractivity contribution in [2.75, 3.05) is 18.0 Å². The lowest BCUT2D eigenvalue weighted by Gasteiger charge is -2.26. The Labute approximate surface area is 169 Å². The minimum Gasteiger partial charge on any atom is -0.297 e. The number of carbonyl (C=O) groups is 2. The number of amides is 2. The topological polar surface area (TPSA) is 70.1 Å². The second-order valence-corrected chi connectivity index (χ2v) is 7.35. The number of para-hydroxylation sites is 1. The van der Waals surface area contributed by atoms with Crippen LogP contribution in [0.15, 0.2) is 59.7 Å². The minimum absolute atomic E-state index is 0.00110. The molecule has 1 fully saturated rings. The molecule has 0 bridgehead atoms. The van der Waals surface area contributed by atoms with Crippen molar-refractivity contribution in [3.8, 4) is 0 Å². The number of ketones is 1. The van der Waals surface area contributed by atoms with E-state index in [4.69, 9.17) is 0 Å². The van der Waals surface area contributed by atoms with Crippen LogP contribution in [-0.2, 0) is 9.59 Å². The number of anilines is 1. The lowest BCUT2D eigenvalue weighted by Crippen LogP contribution is -2.44. The molecule has 1 saturated carbocycles. The molecule has 2 aromatic carbocycles. The van der Waals surface area contributed by atoms with Crippen LogP contribution >= 0.6 is 0 Å². The van der Waals surface area contributed by atoms with E-state index in [1.165, 1.54) is 4.90 Å². The van der Waals surface area contributed by atoms with Crippen LogP contribution in [0.4, 0.5) is 10.5 Å². The van der Waals surface area contributed by atoms with E-state index in [2.05, 4.69) is 5.10 Å². The Hall–Kier alpha value is -3.28. The van der Waals surface area contributed by atoms with Crippen LogP contribution in [0.3, 0.4) is 0 Å². The van der Waals surface area contributed by atoms with E-state index in [0.29, 0.717) is 11.4 Å². The average molecular weight is 388 g/mol. The van der Waals surface area contributed by atoms with Crippen molar-refractivity contribution in [3.63, 3.8) is 0 Å². The number of hydrogen-bond acceptors (Lipinski definition) is 4. The Morgan fingerprint density at radius 2 is 1.72 bits per heavy atom. The molecule has 29 heavy (non-hydrogen) atoms. The molecule has 0 atom stereocenters. The van der Waals surface area contributed by atoms with Crippen LogP contribution in [0, 0.1) is 5.92 Å². The highest BCUT2D eigenvalue weighted by molar-refractivity contribution is 6.19. The summed E-state index contributed by atoms with van der Waals surface area (Å²) in [6, 6.07) is 16.4. The summed E-state index contributed by atoms with van der Waals surface area (Å²) in [6.45, 7) is -0.315. The molecular formula is C23H22N3O3. The summed E-state index contributed by atoms with van der Waals surface area (Å²) < 4.78 is 0. The van der Waals surface area contributed by atoms with E-state index in [1.54, 1.807) is 6.29 Å². The van der Waals surface area contributed by atoms with Gasteiger partial charge in [0.1, 0.15) is 12.3 Å². The van der Waals surface area contributed by atoms with Gasteiger partial charge in [-0.05, 0) is 18.9 Å². The van der Waals surface area contributed by atoms with Gasteiger partial charge >= 0.3 is 6.03 Å². The Morgan fingerprint density at radius 3 is 2.45 bits per heavy atom. The van der Waals surface area contributed by atoms with Crippen molar-refractivity contribution in [1.29, 1.82) is 0 Å². The van der Waals surface area contributed by atoms with Gasteiger partial charge in [-0.1, -0.05) is 61.4 Å². The normalized spacial score (nSPS) is 17.0. The van der Waals surface area contributed by atoms with Crippen LogP contribution < -0.4 is 4.90 Å². The van der Waals surface area contributed by atoms with Crippen molar-refractivity contribution in [2.24, 2.45) is 11.0 Å². The predicted octanol–water partition coefficient (Wildman–Crippen LogP) is 3.55.